The van der Waals surface area contributed by atoms with Crippen LogP contribution in [0.1, 0.15) is 67.9 Å². The predicted molar refractivity (Wildman–Crippen MR) is 357 cm³/mol. The Kier molecular flexibility index (Phi) is 12.8. The minimum absolute atomic E-state index is 0.486. The summed E-state index contributed by atoms with van der Waals surface area (Å²) in [6, 6.07) is 104. The van der Waals surface area contributed by atoms with Crippen LogP contribution in [-0.2, 0) is 5.41 Å². The second-order valence-corrected chi connectivity index (χ2v) is 24.1. The van der Waals surface area contributed by atoms with E-state index in [1.54, 1.807) is 7.11 Å². The third-order valence-electron chi connectivity index (χ3n) is 18.4. The van der Waals surface area contributed by atoms with Crippen molar-refractivity contribution in [2.75, 3.05) is 12.0 Å². The maximum absolute atomic E-state index is 5.51. The Morgan fingerprint density at radius 1 is 0.365 bits per heavy atom. The molecule has 2 unspecified atom stereocenters. The number of benzene rings is 12. The Balaban J connectivity index is 0.800. The van der Waals surface area contributed by atoms with E-state index in [1.807, 2.05) is 12.1 Å². The summed E-state index contributed by atoms with van der Waals surface area (Å²) in [7, 11) is 1.71. The molecule has 2 aliphatic rings. The summed E-state index contributed by atoms with van der Waals surface area (Å²) in [6.07, 6.45) is 1.19. The average molecular weight is 1100 g/mol. The van der Waals surface area contributed by atoms with Gasteiger partial charge in [0.2, 0.25) is 0 Å². The van der Waals surface area contributed by atoms with Crippen LogP contribution in [0.2, 0.25) is 0 Å². The highest BCUT2D eigenvalue weighted by molar-refractivity contribution is 6.10. The molecular weight excluding hydrogens is 1030 g/mol. The average Bonchev–Trinajstić information content (AvgIpc) is 1.54. The van der Waals surface area contributed by atoms with E-state index in [2.05, 4.69) is 304 Å². The Labute approximate surface area is 499 Å². The summed E-state index contributed by atoms with van der Waals surface area (Å²) in [5.74, 6) is 2.62. The highest BCUT2D eigenvalue weighted by Crippen LogP contribution is 2.63. The van der Waals surface area contributed by atoms with Crippen LogP contribution in [0.4, 0.5) is 17.1 Å². The van der Waals surface area contributed by atoms with Crippen molar-refractivity contribution < 1.29 is 4.74 Å². The lowest BCUT2D eigenvalue weighted by atomic mass is 9.70. The standard InChI is InChI=1S/C82H66N2O/c1-53(2)49-74(54(3)4)60-25-23-57(24-26-60)62-33-46-71-69-17-9-12-20-76(69)82(78(71)51-62)77-21-13-10-18-70(77)72-47-34-63(52-79(72)82)59-31-40-66(41-32-59)83(64-36-27-56(28-37-64)55-15-7-6-8-16-55)65-38-29-58(30-39-65)61-35-48-81-75(50-61)73-19-11-14-22-80(73)84(81)67-42-44-68(85-5)45-43-67/h6-48,50-54,74H,49H2,1-5H3. The first kappa shape index (κ1) is 51.9. The van der Waals surface area contributed by atoms with E-state index < -0.39 is 5.41 Å². The summed E-state index contributed by atoms with van der Waals surface area (Å²) in [5.41, 5.74) is 27.9. The molecule has 13 aromatic rings. The van der Waals surface area contributed by atoms with Crippen LogP contribution in [0.3, 0.4) is 0 Å². The molecule has 3 heteroatoms. The number of hydrogen-bond donors (Lipinski definition) is 0. The van der Waals surface area contributed by atoms with Crippen molar-refractivity contribution in [3.05, 3.63) is 307 Å². The third-order valence-corrected chi connectivity index (χ3v) is 18.4. The maximum atomic E-state index is 5.51. The molecule has 0 N–H and O–H groups in total. The van der Waals surface area contributed by atoms with Crippen molar-refractivity contribution in [2.45, 2.75) is 45.4 Å². The molecule has 0 amide bonds. The van der Waals surface area contributed by atoms with Crippen LogP contribution in [0.15, 0.2) is 279 Å². The van der Waals surface area contributed by atoms with Crippen molar-refractivity contribution >= 4 is 38.9 Å². The van der Waals surface area contributed by atoms with Gasteiger partial charge >= 0.3 is 0 Å². The zero-order valence-corrected chi connectivity index (χ0v) is 48.8. The van der Waals surface area contributed by atoms with Gasteiger partial charge in [0.15, 0.2) is 0 Å². The first-order chi connectivity index (χ1) is 41.7. The highest BCUT2D eigenvalue weighted by atomic mass is 16.5. The van der Waals surface area contributed by atoms with Crippen LogP contribution in [-0.4, -0.2) is 11.7 Å². The third kappa shape index (κ3) is 8.71. The van der Waals surface area contributed by atoms with Gasteiger partial charge in [-0.15, -0.1) is 0 Å². The Morgan fingerprint density at radius 3 is 1.32 bits per heavy atom. The molecule has 0 aliphatic heterocycles. The topological polar surface area (TPSA) is 17.4 Å². The van der Waals surface area contributed by atoms with Crippen molar-refractivity contribution in [2.24, 2.45) is 11.8 Å². The molecule has 0 radical (unpaired) electrons. The first-order valence-electron chi connectivity index (χ1n) is 30.2. The van der Waals surface area contributed by atoms with Crippen LogP contribution >= 0.6 is 0 Å². The van der Waals surface area contributed by atoms with Crippen LogP contribution < -0.4 is 9.64 Å². The van der Waals surface area contributed by atoms with Crippen molar-refractivity contribution in [3.63, 3.8) is 0 Å². The number of anilines is 3. The Bertz CT molecular complexity index is 4620. The van der Waals surface area contributed by atoms with E-state index in [9.17, 15) is 0 Å². The number of ether oxygens (including phenoxy) is 1. The lowest BCUT2D eigenvalue weighted by Gasteiger charge is -2.31. The van der Waals surface area contributed by atoms with Gasteiger partial charge in [0, 0.05) is 33.5 Å². The molecule has 0 fully saturated rings. The number of methoxy groups -OCH3 is 1. The van der Waals surface area contributed by atoms with Gasteiger partial charge in [-0.25, -0.2) is 0 Å². The molecule has 0 saturated heterocycles. The molecule has 2 atom stereocenters. The number of para-hydroxylation sites is 1. The zero-order valence-electron chi connectivity index (χ0n) is 48.8. The fourth-order valence-corrected chi connectivity index (χ4v) is 14.4. The van der Waals surface area contributed by atoms with Gasteiger partial charge in [-0.3, -0.25) is 0 Å². The summed E-state index contributed by atoms with van der Waals surface area (Å²) in [6.45, 7) is 9.42. The molecule has 12 aromatic carbocycles. The quantitative estimate of drug-likeness (QED) is 0.114. The van der Waals surface area contributed by atoms with Gasteiger partial charge in [0.05, 0.1) is 23.6 Å². The van der Waals surface area contributed by atoms with Gasteiger partial charge in [0.25, 0.3) is 0 Å². The molecule has 410 valence electrons. The molecule has 1 spiro atoms. The van der Waals surface area contributed by atoms with Crippen LogP contribution in [0.5, 0.6) is 5.75 Å². The highest BCUT2D eigenvalue weighted by Gasteiger charge is 2.51. The SMILES string of the molecule is COc1ccc(-n2c3ccccc3c3cc(-c4ccc(N(c5ccc(-c6ccccc6)cc5)c5ccc(-c6ccc7c(c6)C6(c8ccccc8-c8ccc(-c9ccc(C(CC(C)C)C(C)C)cc9)cc86)c6ccccc6-7)cc5)cc4)ccc32)cc1. The summed E-state index contributed by atoms with van der Waals surface area (Å²) in [5, 5.41) is 2.44. The molecule has 0 bridgehead atoms. The number of fused-ring (bicyclic) bond motifs is 13. The van der Waals surface area contributed by atoms with Crippen molar-refractivity contribution in [1.29, 1.82) is 0 Å². The van der Waals surface area contributed by atoms with Gasteiger partial charge < -0.3 is 14.2 Å². The monoisotopic (exact) mass is 1090 g/mol. The molecule has 0 saturated carbocycles. The fraction of sp³-hybridized carbons (Fsp3) is 0.122. The van der Waals surface area contributed by atoms with Crippen LogP contribution in [0, 0.1) is 11.8 Å². The van der Waals surface area contributed by atoms with Crippen LogP contribution in [0.25, 0.3) is 94.3 Å². The summed E-state index contributed by atoms with van der Waals surface area (Å²) < 4.78 is 7.86. The summed E-state index contributed by atoms with van der Waals surface area (Å²) >= 11 is 0. The molecule has 1 heterocycles. The Morgan fingerprint density at radius 2 is 0.788 bits per heavy atom. The van der Waals surface area contributed by atoms with Crippen molar-refractivity contribution in [1.82, 2.24) is 4.57 Å². The maximum Gasteiger partial charge on any atom is 0.119 e. The minimum Gasteiger partial charge on any atom is -0.497 e. The smallest absolute Gasteiger partial charge is 0.119 e. The second-order valence-electron chi connectivity index (χ2n) is 24.1. The van der Waals surface area contributed by atoms with E-state index in [-0.39, 0.29) is 0 Å². The molecular formula is C82H66N2O. The van der Waals surface area contributed by atoms with Gasteiger partial charge in [-0.1, -0.05) is 216 Å². The van der Waals surface area contributed by atoms with E-state index >= 15 is 0 Å². The normalized spacial score (nSPS) is 14.2. The number of nitrogens with zero attached hydrogens (tertiary/aromatic N) is 2. The van der Waals surface area contributed by atoms with Gasteiger partial charge in [-0.05, 0) is 210 Å². The van der Waals surface area contributed by atoms with Gasteiger partial charge in [0.1, 0.15) is 5.75 Å². The second kappa shape index (κ2) is 21.0. The minimum atomic E-state index is -0.486. The predicted octanol–water partition coefficient (Wildman–Crippen LogP) is 22.1. The van der Waals surface area contributed by atoms with E-state index in [0.717, 1.165) is 34.1 Å². The lowest BCUT2D eigenvalue weighted by Crippen LogP contribution is -2.26. The zero-order chi connectivity index (χ0) is 57.3. The molecule has 2 aliphatic carbocycles. The molecule has 85 heavy (non-hydrogen) atoms. The first-order valence-corrected chi connectivity index (χ1v) is 30.2. The number of aromatic nitrogens is 1. The molecule has 15 rings (SSSR count). The number of hydrogen-bond acceptors (Lipinski definition) is 2. The largest absolute Gasteiger partial charge is 0.497 e. The number of rotatable bonds is 13. The molecule has 3 nitrogen and oxygen atoms in total. The lowest BCUT2D eigenvalue weighted by molar-refractivity contribution is 0.408. The Hall–Kier alpha value is -9.96. The fourth-order valence-electron chi connectivity index (χ4n) is 14.4. The van der Waals surface area contributed by atoms with Crippen molar-refractivity contribution in [3.8, 4) is 78.2 Å². The summed E-state index contributed by atoms with van der Waals surface area (Å²) in [4.78, 5) is 2.38. The van der Waals surface area contributed by atoms with E-state index in [1.165, 1.54) is 117 Å². The van der Waals surface area contributed by atoms with E-state index in [4.69, 9.17) is 4.74 Å². The van der Waals surface area contributed by atoms with E-state index in [0.29, 0.717) is 17.8 Å². The van der Waals surface area contributed by atoms with Gasteiger partial charge in [-0.2, -0.15) is 0 Å². The molecule has 1 aromatic heterocycles.